The third-order valence-electron chi connectivity index (χ3n) is 5.16. The lowest BCUT2D eigenvalue weighted by Crippen LogP contribution is -2.42. The van der Waals surface area contributed by atoms with Crippen LogP contribution in [0.2, 0.25) is 5.02 Å². The lowest BCUT2D eigenvalue weighted by molar-refractivity contribution is -0.152. The molecule has 0 aliphatic carbocycles. The molecular weight excluding hydrogens is 360 g/mol. The summed E-state index contributed by atoms with van der Waals surface area (Å²) in [5.41, 5.74) is -0.481. The van der Waals surface area contributed by atoms with Gasteiger partial charge < -0.3 is 19.6 Å². The number of carbonyl (C=O) groups excluding carboxylic acids is 2. The van der Waals surface area contributed by atoms with Gasteiger partial charge in [0.25, 0.3) is 0 Å². The van der Waals surface area contributed by atoms with E-state index < -0.39 is 17.3 Å². The second-order valence-corrected chi connectivity index (χ2v) is 7.29. The number of ether oxygens (including phenoxy) is 1. The van der Waals surface area contributed by atoms with Crippen molar-refractivity contribution in [3.8, 4) is 0 Å². The largest absolute Gasteiger partial charge is 0.481 e. The van der Waals surface area contributed by atoms with Gasteiger partial charge in [0.15, 0.2) is 0 Å². The molecule has 2 unspecified atom stereocenters. The summed E-state index contributed by atoms with van der Waals surface area (Å²) < 4.78 is 5.05. The Hall–Kier alpha value is -2.12. The van der Waals surface area contributed by atoms with Crippen LogP contribution in [0.5, 0.6) is 0 Å². The molecule has 0 bridgehead atoms. The van der Waals surface area contributed by atoms with E-state index in [4.69, 9.17) is 16.3 Å². The fraction of sp³-hybridized carbons (Fsp3) is 0.500. The first-order valence-electron chi connectivity index (χ1n) is 8.44. The number of carbonyl (C=O) groups is 3. The van der Waals surface area contributed by atoms with E-state index in [2.05, 4.69) is 0 Å². The zero-order valence-corrected chi connectivity index (χ0v) is 15.2. The van der Waals surface area contributed by atoms with Crippen LogP contribution in [-0.4, -0.2) is 61.1 Å². The summed E-state index contributed by atoms with van der Waals surface area (Å²) >= 11 is 6.16. The van der Waals surface area contributed by atoms with Gasteiger partial charge in [-0.2, -0.15) is 0 Å². The number of likely N-dealkylation sites (tertiary alicyclic amines) is 1. The van der Waals surface area contributed by atoms with Gasteiger partial charge in [0, 0.05) is 33.2 Å². The number of methoxy groups -OCH3 is 1. The highest BCUT2D eigenvalue weighted by molar-refractivity contribution is 6.33. The molecule has 8 heteroatoms. The van der Waals surface area contributed by atoms with Crippen molar-refractivity contribution in [2.75, 3.05) is 38.3 Å². The van der Waals surface area contributed by atoms with Crippen LogP contribution in [0.3, 0.4) is 0 Å². The molecule has 7 nitrogen and oxygen atoms in total. The Labute approximate surface area is 156 Å². The van der Waals surface area contributed by atoms with Crippen LogP contribution in [0.1, 0.15) is 12.8 Å². The highest BCUT2D eigenvalue weighted by atomic mass is 35.5. The van der Waals surface area contributed by atoms with E-state index in [0.717, 1.165) is 0 Å². The van der Waals surface area contributed by atoms with Crippen molar-refractivity contribution in [3.05, 3.63) is 29.3 Å². The Kier molecular flexibility index (Phi) is 5.20. The van der Waals surface area contributed by atoms with Gasteiger partial charge in [-0.15, -0.1) is 0 Å². The van der Waals surface area contributed by atoms with E-state index in [1.807, 2.05) is 0 Å². The SMILES string of the molecule is COCC1(C(=O)O)CCN(C(=O)C2CC(=O)N(c3ccccc3Cl)C2)C1. The quantitative estimate of drug-likeness (QED) is 0.839. The van der Waals surface area contributed by atoms with Gasteiger partial charge in [0.2, 0.25) is 11.8 Å². The number of carboxylic acid groups (broad SMARTS) is 1. The summed E-state index contributed by atoms with van der Waals surface area (Å²) in [5, 5.41) is 9.99. The number of hydrogen-bond acceptors (Lipinski definition) is 4. The Morgan fingerprint density at radius 2 is 2.12 bits per heavy atom. The van der Waals surface area contributed by atoms with Crippen molar-refractivity contribution in [2.24, 2.45) is 11.3 Å². The standard InChI is InChI=1S/C18H21ClN2O5/c1-26-11-18(17(24)25)6-7-20(10-18)16(23)12-8-15(22)21(9-12)14-5-3-2-4-13(14)19/h2-5,12H,6-11H2,1H3,(H,24,25). The van der Waals surface area contributed by atoms with Gasteiger partial charge in [-0.3, -0.25) is 14.4 Å². The molecule has 0 spiro atoms. The van der Waals surface area contributed by atoms with Crippen LogP contribution in [-0.2, 0) is 19.1 Å². The number of aliphatic carboxylic acids is 1. The topological polar surface area (TPSA) is 87.1 Å². The van der Waals surface area contributed by atoms with Crippen molar-refractivity contribution in [2.45, 2.75) is 12.8 Å². The van der Waals surface area contributed by atoms with Gasteiger partial charge in [-0.25, -0.2) is 0 Å². The van der Waals surface area contributed by atoms with Gasteiger partial charge in [-0.1, -0.05) is 23.7 Å². The third-order valence-corrected chi connectivity index (χ3v) is 5.48. The monoisotopic (exact) mass is 380 g/mol. The van der Waals surface area contributed by atoms with Crippen LogP contribution in [0.25, 0.3) is 0 Å². The fourth-order valence-corrected chi connectivity index (χ4v) is 3.96. The molecule has 0 saturated carbocycles. The number of hydrogen-bond donors (Lipinski definition) is 1. The Bertz CT molecular complexity index is 740. The molecule has 0 aromatic heterocycles. The molecule has 2 heterocycles. The van der Waals surface area contributed by atoms with Crippen molar-refractivity contribution in [1.82, 2.24) is 4.90 Å². The molecule has 1 aromatic carbocycles. The first-order valence-corrected chi connectivity index (χ1v) is 8.82. The van der Waals surface area contributed by atoms with Crippen LogP contribution in [0.15, 0.2) is 24.3 Å². The second kappa shape index (κ2) is 7.25. The average Bonchev–Trinajstić information content (AvgIpc) is 3.20. The van der Waals surface area contributed by atoms with Crippen LogP contribution in [0.4, 0.5) is 5.69 Å². The van der Waals surface area contributed by atoms with E-state index in [-0.39, 0.29) is 37.9 Å². The maximum absolute atomic E-state index is 12.8. The average molecular weight is 381 g/mol. The highest BCUT2D eigenvalue weighted by Gasteiger charge is 2.48. The molecule has 2 fully saturated rings. The molecule has 0 radical (unpaired) electrons. The summed E-state index contributed by atoms with van der Waals surface area (Å²) in [5.74, 6) is -1.80. The highest BCUT2D eigenvalue weighted by Crippen LogP contribution is 2.35. The van der Waals surface area contributed by atoms with Crippen LogP contribution in [0, 0.1) is 11.3 Å². The van der Waals surface area contributed by atoms with Gasteiger partial charge in [0.05, 0.1) is 23.2 Å². The van der Waals surface area contributed by atoms with Crippen molar-refractivity contribution < 1.29 is 24.2 Å². The molecule has 2 aliphatic heterocycles. The van der Waals surface area contributed by atoms with Gasteiger partial charge in [0.1, 0.15) is 5.41 Å². The number of benzene rings is 1. The maximum Gasteiger partial charge on any atom is 0.313 e. The fourth-order valence-electron chi connectivity index (χ4n) is 3.73. The lowest BCUT2D eigenvalue weighted by atomic mass is 9.88. The van der Waals surface area contributed by atoms with Crippen molar-refractivity contribution >= 4 is 35.1 Å². The number of para-hydroxylation sites is 1. The van der Waals surface area contributed by atoms with E-state index in [1.54, 1.807) is 29.2 Å². The molecule has 2 atom stereocenters. The lowest BCUT2D eigenvalue weighted by Gasteiger charge is -2.25. The summed E-state index contributed by atoms with van der Waals surface area (Å²) in [6, 6.07) is 7.01. The van der Waals surface area contributed by atoms with Crippen molar-refractivity contribution in [3.63, 3.8) is 0 Å². The van der Waals surface area contributed by atoms with E-state index in [9.17, 15) is 19.5 Å². The molecule has 1 aromatic rings. The first kappa shape index (κ1) is 18.7. The Morgan fingerprint density at radius 3 is 2.77 bits per heavy atom. The number of amides is 2. The van der Waals surface area contributed by atoms with Crippen LogP contribution < -0.4 is 4.90 Å². The number of carboxylic acids is 1. The zero-order chi connectivity index (χ0) is 18.9. The van der Waals surface area contributed by atoms with Crippen LogP contribution >= 0.6 is 11.6 Å². The number of halogens is 1. The molecule has 3 rings (SSSR count). The normalized spacial score (nSPS) is 25.8. The third kappa shape index (κ3) is 3.29. The number of anilines is 1. The molecule has 140 valence electrons. The van der Waals surface area contributed by atoms with Gasteiger partial charge in [-0.05, 0) is 18.6 Å². The molecular formula is C18H21ClN2O5. The predicted octanol–water partition coefficient (Wildman–Crippen LogP) is 1.64. The molecule has 2 aliphatic rings. The molecule has 1 N–H and O–H groups in total. The summed E-state index contributed by atoms with van der Waals surface area (Å²) in [6.07, 6.45) is 0.446. The molecule has 26 heavy (non-hydrogen) atoms. The van der Waals surface area contributed by atoms with E-state index >= 15 is 0 Å². The minimum Gasteiger partial charge on any atom is -0.481 e. The zero-order valence-electron chi connectivity index (χ0n) is 14.5. The Balaban J connectivity index is 1.71. The van der Waals surface area contributed by atoms with Gasteiger partial charge >= 0.3 is 5.97 Å². The van der Waals surface area contributed by atoms with Crippen molar-refractivity contribution in [1.29, 1.82) is 0 Å². The summed E-state index contributed by atoms with van der Waals surface area (Å²) in [4.78, 5) is 39.9. The predicted molar refractivity (Wildman–Crippen MR) is 95.1 cm³/mol. The minimum atomic E-state index is -1.07. The summed E-state index contributed by atoms with van der Waals surface area (Å²) in [6.45, 7) is 0.765. The molecule has 2 saturated heterocycles. The number of rotatable bonds is 5. The summed E-state index contributed by atoms with van der Waals surface area (Å²) in [7, 11) is 1.45. The second-order valence-electron chi connectivity index (χ2n) is 6.89. The van der Waals surface area contributed by atoms with E-state index in [1.165, 1.54) is 12.0 Å². The molecule has 2 amide bonds. The maximum atomic E-state index is 12.8. The smallest absolute Gasteiger partial charge is 0.313 e. The number of nitrogens with zero attached hydrogens (tertiary/aromatic N) is 2. The first-order chi connectivity index (χ1) is 12.4. The van der Waals surface area contributed by atoms with E-state index in [0.29, 0.717) is 23.7 Å². The minimum absolute atomic E-state index is 0.0570. The Morgan fingerprint density at radius 1 is 1.38 bits per heavy atom.